The van der Waals surface area contributed by atoms with Crippen LogP contribution in [0, 0.1) is 0 Å². The molecule has 0 aliphatic rings. The lowest BCUT2D eigenvalue weighted by Gasteiger charge is -2.08. The molecule has 2 N–H and O–H groups in total. The van der Waals surface area contributed by atoms with Crippen molar-refractivity contribution < 1.29 is 4.79 Å². The summed E-state index contributed by atoms with van der Waals surface area (Å²) in [5.41, 5.74) is 1.75. The van der Waals surface area contributed by atoms with Crippen molar-refractivity contribution in [3.63, 3.8) is 0 Å². The van der Waals surface area contributed by atoms with E-state index in [9.17, 15) is 4.79 Å². The maximum atomic E-state index is 12.3. The molecule has 0 fully saturated rings. The van der Waals surface area contributed by atoms with E-state index in [1.165, 1.54) is 11.8 Å². The molecule has 0 bridgehead atoms. The second kappa shape index (κ2) is 7.94. The summed E-state index contributed by atoms with van der Waals surface area (Å²) in [5.74, 6) is 0.826. The van der Waals surface area contributed by atoms with Gasteiger partial charge in [0.1, 0.15) is 0 Å². The minimum absolute atomic E-state index is 0.0913. The average Bonchev–Trinajstić information content (AvgIpc) is 3.16. The fourth-order valence-corrected chi connectivity index (χ4v) is 3.56. The van der Waals surface area contributed by atoms with Crippen LogP contribution in [0.5, 0.6) is 0 Å². The third-order valence-corrected chi connectivity index (χ3v) is 5.35. The van der Waals surface area contributed by atoms with Gasteiger partial charge in [0.25, 0.3) is 0 Å². The Morgan fingerprint density at radius 2 is 1.81 bits per heavy atom. The highest BCUT2D eigenvalue weighted by Gasteiger charge is 2.10. The molecule has 7 heteroatoms. The van der Waals surface area contributed by atoms with Crippen LogP contribution in [0.15, 0.2) is 76.4 Å². The van der Waals surface area contributed by atoms with Crippen molar-refractivity contribution in [1.29, 1.82) is 0 Å². The zero-order valence-electron chi connectivity index (χ0n) is 14.1. The smallest absolute Gasteiger partial charge is 0.234 e. The van der Waals surface area contributed by atoms with Crippen LogP contribution in [0.2, 0.25) is 0 Å². The van der Waals surface area contributed by atoms with Crippen molar-refractivity contribution in [2.75, 3.05) is 11.1 Å². The summed E-state index contributed by atoms with van der Waals surface area (Å²) in [6, 6.07) is 21.6. The van der Waals surface area contributed by atoms with E-state index < -0.39 is 0 Å². The van der Waals surface area contributed by atoms with Gasteiger partial charge >= 0.3 is 0 Å². The molecule has 0 aliphatic carbocycles. The van der Waals surface area contributed by atoms with Gasteiger partial charge in [0, 0.05) is 21.1 Å². The Morgan fingerprint density at radius 1 is 1.04 bits per heavy atom. The van der Waals surface area contributed by atoms with Crippen LogP contribution >= 0.6 is 27.7 Å². The molecule has 134 valence electrons. The summed E-state index contributed by atoms with van der Waals surface area (Å²) >= 11 is 4.71. The molecule has 0 atom stereocenters. The lowest BCUT2D eigenvalue weighted by molar-refractivity contribution is -0.113. The number of hydrogen-bond donors (Lipinski definition) is 2. The number of H-pyrrole nitrogens is 1. The Labute approximate surface area is 168 Å². The van der Waals surface area contributed by atoms with E-state index in [0.717, 1.165) is 26.5 Å². The molecule has 3 aromatic carbocycles. The van der Waals surface area contributed by atoms with Crippen LogP contribution in [-0.4, -0.2) is 26.8 Å². The fourth-order valence-electron chi connectivity index (χ4n) is 2.70. The highest BCUT2D eigenvalue weighted by Crippen LogP contribution is 2.24. The van der Waals surface area contributed by atoms with E-state index >= 15 is 0 Å². The van der Waals surface area contributed by atoms with Gasteiger partial charge in [-0.3, -0.25) is 9.89 Å². The summed E-state index contributed by atoms with van der Waals surface area (Å²) in [4.78, 5) is 16.8. The maximum Gasteiger partial charge on any atom is 0.234 e. The molecule has 0 radical (unpaired) electrons. The number of thioether (sulfide) groups is 1. The lowest BCUT2D eigenvalue weighted by Crippen LogP contribution is -2.14. The van der Waals surface area contributed by atoms with Crippen molar-refractivity contribution in [3.05, 3.63) is 71.2 Å². The maximum absolute atomic E-state index is 12.3. The molecule has 4 rings (SSSR count). The molecule has 0 saturated heterocycles. The van der Waals surface area contributed by atoms with Gasteiger partial charge < -0.3 is 5.32 Å². The third kappa shape index (κ3) is 4.20. The highest BCUT2D eigenvalue weighted by atomic mass is 79.9. The highest BCUT2D eigenvalue weighted by molar-refractivity contribution is 9.10. The molecule has 5 nitrogen and oxygen atoms in total. The molecular formula is C20H15BrN4OS. The van der Waals surface area contributed by atoms with E-state index in [0.29, 0.717) is 11.0 Å². The van der Waals surface area contributed by atoms with Crippen LogP contribution in [0.3, 0.4) is 0 Å². The largest absolute Gasteiger partial charge is 0.325 e. The molecule has 1 aromatic heterocycles. The molecule has 0 unspecified atom stereocenters. The SMILES string of the molecule is O=C(CSc1n[nH]c(-c2ccc(Br)cc2)n1)Nc1cccc2ccccc12. The zero-order chi connectivity index (χ0) is 18.6. The Balaban J connectivity index is 1.40. The normalized spacial score (nSPS) is 10.9. The Kier molecular flexibility index (Phi) is 5.22. The molecular weight excluding hydrogens is 424 g/mol. The van der Waals surface area contributed by atoms with Crippen molar-refractivity contribution in [3.8, 4) is 11.4 Å². The molecule has 27 heavy (non-hydrogen) atoms. The number of aromatic amines is 1. The number of benzene rings is 3. The summed E-state index contributed by atoms with van der Waals surface area (Å²) in [7, 11) is 0. The van der Waals surface area contributed by atoms with Gasteiger partial charge in [-0.2, -0.15) is 0 Å². The minimum Gasteiger partial charge on any atom is -0.325 e. The summed E-state index contributed by atoms with van der Waals surface area (Å²) in [6.45, 7) is 0. The first-order valence-corrected chi connectivity index (χ1v) is 10.1. The first kappa shape index (κ1) is 17.8. The van der Waals surface area contributed by atoms with E-state index in [2.05, 4.69) is 36.4 Å². The number of nitrogens with zero attached hydrogens (tertiary/aromatic N) is 2. The van der Waals surface area contributed by atoms with E-state index in [1.54, 1.807) is 0 Å². The molecule has 1 heterocycles. The van der Waals surface area contributed by atoms with E-state index in [1.807, 2.05) is 66.7 Å². The monoisotopic (exact) mass is 438 g/mol. The van der Waals surface area contributed by atoms with E-state index in [4.69, 9.17) is 0 Å². The van der Waals surface area contributed by atoms with Crippen LogP contribution in [0.1, 0.15) is 0 Å². The van der Waals surface area contributed by atoms with Crippen molar-refractivity contribution >= 4 is 50.1 Å². The zero-order valence-corrected chi connectivity index (χ0v) is 16.5. The van der Waals surface area contributed by atoms with Crippen LogP contribution in [0.25, 0.3) is 22.2 Å². The molecule has 0 spiro atoms. The summed E-state index contributed by atoms with van der Waals surface area (Å²) in [6.07, 6.45) is 0. The van der Waals surface area contributed by atoms with Crippen LogP contribution in [0.4, 0.5) is 5.69 Å². The number of halogens is 1. The van der Waals surface area contributed by atoms with Gasteiger partial charge in [-0.1, -0.05) is 76.2 Å². The number of hydrogen-bond acceptors (Lipinski definition) is 4. The molecule has 0 saturated carbocycles. The summed E-state index contributed by atoms with van der Waals surface area (Å²) in [5, 5.41) is 12.7. The average molecular weight is 439 g/mol. The van der Waals surface area contributed by atoms with Gasteiger partial charge in [0.2, 0.25) is 11.1 Å². The first-order chi connectivity index (χ1) is 13.2. The number of fused-ring (bicyclic) bond motifs is 1. The van der Waals surface area contributed by atoms with Crippen molar-refractivity contribution in [2.24, 2.45) is 0 Å². The molecule has 1 amide bonds. The minimum atomic E-state index is -0.0913. The Morgan fingerprint density at radius 3 is 2.67 bits per heavy atom. The van der Waals surface area contributed by atoms with Crippen molar-refractivity contribution in [1.82, 2.24) is 15.2 Å². The van der Waals surface area contributed by atoms with Gasteiger partial charge in [-0.15, -0.1) is 5.10 Å². The Hall–Kier alpha value is -2.64. The fraction of sp³-hybridized carbons (Fsp3) is 0.0500. The number of amides is 1. The first-order valence-electron chi connectivity index (χ1n) is 8.28. The molecule has 4 aromatic rings. The number of aromatic nitrogens is 3. The number of anilines is 1. The van der Waals surface area contributed by atoms with Crippen molar-refractivity contribution in [2.45, 2.75) is 5.16 Å². The second-order valence-corrected chi connectivity index (χ2v) is 7.70. The standard InChI is InChI=1S/C20H15BrN4OS/c21-15-10-8-14(9-11-15)19-23-20(25-24-19)27-12-18(26)22-17-7-3-5-13-4-1-2-6-16(13)17/h1-11H,12H2,(H,22,26)(H,23,24,25). The number of carbonyl (C=O) groups is 1. The number of carbonyl (C=O) groups excluding carboxylic acids is 1. The van der Waals surface area contributed by atoms with Gasteiger partial charge in [-0.25, -0.2) is 4.98 Å². The second-order valence-electron chi connectivity index (χ2n) is 5.84. The van der Waals surface area contributed by atoms with Gasteiger partial charge in [-0.05, 0) is 23.6 Å². The summed E-state index contributed by atoms with van der Waals surface area (Å²) < 4.78 is 1.01. The predicted molar refractivity (Wildman–Crippen MR) is 113 cm³/mol. The lowest BCUT2D eigenvalue weighted by atomic mass is 10.1. The third-order valence-electron chi connectivity index (χ3n) is 3.98. The van der Waals surface area contributed by atoms with Crippen LogP contribution in [-0.2, 0) is 4.79 Å². The van der Waals surface area contributed by atoms with Crippen LogP contribution < -0.4 is 5.32 Å². The topological polar surface area (TPSA) is 70.7 Å². The molecule has 0 aliphatic heterocycles. The number of nitrogens with one attached hydrogen (secondary N) is 2. The number of rotatable bonds is 5. The van der Waals surface area contributed by atoms with E-state index in [-0.39, 0.29) is 11.7 Å². The Bertz CT molecular complexity index is 1090. The predicted octanol–water partition coefficient (Wildman–Crippen LogP) is 5.12. The van der Waals surface area contributed by atoms with Gasteiger partial charge in [0.15, 0.2) is 5.82 Å². The quantitative estimate of drug-likeness (QED) is 0.424. The van der Waals surface area contributed by atoms with Gasteiger partial charge in [0.05, 0.1) is 5.75 Å².